The number of rotatable bonds is 0. The minimum atomic E-state index is -0.406. The van der Waals surface area contributed by atoms with E-state index in [1.165, 1.54) is 0 Å². The molecule has 12 heavy (non-hydrogen) atoms. The number of aliphatic hydroxyl groups excluding tert-OH is 1. The van der Waals surface area contributed by atoms with E-state index in [9.17, 15) is 9.90 Å². The molecule has 2 aliphatic rings. The minimum absolute atomic E-state index is 0.182. The molecule has 0 aromatic carbocycles. The van der Waals surface area contributed by atoms with Gasteiger partial charge in [-0.2, -0.15) is 0 Å². The summed E-state index contributed by atoms with van der Waals surface area (Å²) >= 11 is 0. The number of aliphatic hydroxyl groups is 1. The zero-order chi connectivity index (χ0) is 8.77. The summed E-state index contributed by atoms with van der Waals surface area (Å²) in [6, 6.07) is 0. The lowest BCUT2D eigenvalue weighted by molar-refractivity contribution is -0.116. The Kier molecular flexibility index (Phi) is 1.48. The molecule has 0 heterocycles. The molecule has 2 atom stereocenters. The summed E-state index contributed by atoms with van der Waals surface area (Å²) in [7, 11) is 0. The van der Waals surface area contributed by atoms with Crippen LogP contribution in [0.15, 0.2) is 23.8 Å². The Hall–Kier alpha value is -0.890. The van der Waals surface area contributed by atoms with Gasteiger partial charge in [0.25, 0.3) is 0 Å². The highest BCUT2D eigenvalue weighted by atomic mass is 16.3. The molecule has 0 radical (unpaired) electrons. The molecule has 2 aliphatic carbocycles. The highest BCUT2D eigenvalue weighted by Gasteiger charge is 2.40. The van der Waals surface area contributed by atoms with Gasteiger partial charge in [0.2, 0.25) is 0 Å². The van der Waals surface area contributed by atoms with Crippen LogP contribution in [-0.2, 0) is 4.79 Å². The molecule has 0 saturated heterocycles. The van der Waals surface area contributed by atoms with E-state index in [0.717, 1.165) is 12.0 Å². The number of carbonyl (C=O) groups excluding carboxylic acids is 1. The van der Waals surface area contributed by atoms with Gasteiger partial charge < -0.3 is 5.11 Å². The van der Waals surface area contributed by atoms with Crippen molar-refractivity contribution < 1.29 is 9.90 Å². The molecule has 0 bridgehead atoms. The van der Waals surface area contributed by atoms with Crippen molar-refractivity contribution in [3.05, 3.63) is 23.8 Å². The molecule has 64 valence electrons. The minimum Gasteiger partial charge on any atom is -0.388 e. The van der Waals surface area contributed by atoms with Crippen LogP contribution in [0.5, 0.6) is 0 Å². The van der Waals surface area contributed by atoms with E-state index < -0.39 is 6.10 Å². The number of carbonyl (C=O) groups is 1. The van der Waals surface area contributed by atoms with Crippen molar-refractivity contribution in [2.75, 3.05) is 0 Å². The Morgan fingerprint density at radius 1 is 1.67 bits per heavy atom. The second-order valence-electron chi connectivity index (χ2n) is 3.79. The average Bonchev–Trinajstić information content (AvgIpc) is 2.31. The van der Waals surface area contributed by atoms with E-state index in [-0.39, 0.29) is 11.2 Å². The lowest BCUT2D eigenvalue weighted by atomic mass is 9.73. The lowest BCUT2D eigenvalue weighted by Crippen LogP contribution is -2.31. The van der Waals surface area contributed by atoms with Crippen molar-refractivity contribution in [3.63, 3.8) is 0 Å². The normalized spacial score (nSPS) is 39.7. The van der Waals surface area contributed by atoms with Crippen molar-refractivity contribution >= 4 is 5.78 Å². The summed E-state index contributed by atoms with van der Waals surface area (Å²) in [5.41, 5.74) is 0.805. The molecule has 0 saturated carbocycles. The molecule has 2 unspecified atom stereocenters. The summed E-state index contributed by atoms with van der Waals surface area (Å²) in [4.78, 5) is 11.1. The molecule has 0 fully saturated rings. The van der Waals surface area contributed by atoms with Gasteiger partial charge in [0, 0.05) is 11.8 Å². The topological polar surface area (TPSA) is 37.3 Å². The first-order valence-corrected chi connectivity index (χ1v) is 4.24. The summed E-state index contributed by atoms with van der Waals surface area (Å²) < 4.78 is 0. The van der Waals surface area contributed by atoms with Gasteiger partial charge in [-0.25, -0.2) is 0 Å². The molecular weight excluding hydrogens is 152 g/mol. The van der Waals surface area contributed by atoms with Crippen molar-refractivity contribution in [1.29, 1.82) is 0 Å². The first-order chi connectivity index (χ1) is 5.63. The Labute approximate surface area is 71.6 Å². The fraction of sp³-hybridized carbons (Fsp3) is 0.500. The van der Waals surface area contributed by atoms with E-state index in [2.05, 4.69) is 0 Å². The molecule has 0 aromatic rings. The van der Waals surface area contributed by atoms with Gasteiger partial charge in [-0.15, -0.1) is 0 Å². The Morgan fingerprint density at radius 2 is 2.42 bits per heavy atom. The predicted octanol–water partition coefficient (Wildman–Crippen LogP) is 1.21. The van der Waals surface area contributed by atoms with Gasteiger partial charge in [-0.1, -0.05) is 19.1 Å². The van der Waals surface area contributed by atoms with Crippen molar-refractivity contribution in [2.45, 2.75) is 25.9 Å². The molecule has 2 nitrogen and oxygen atoms in total. The Bertz CT molecular complexity index is 288. The number of ketones is 1. The van der Waals surface area contributed by atoms with Crippen molar-refractivity contribution in [3.8, 4) is 0 Å². The highest BCUT2D eigenvalue weighted by molar-refractivity contribution is 5.92. The molecule has 2 rings (SSSR count). The van der Waals surface area contributed by atoms with E-state index in [4.69, 9.17) is 0 Å². The predicted molar refractivity (Wildman–Crippen MR) is 45.6 cm³/mol. The largest absolute Gasteiger partial charge is 0.388 e. The fourth-order valence-electron chi connectivity index (χ4n) is 1.90. The molecule has 0 aliphatic heterocycles. The van der Waals surface area contributed by atoms with Gasteiger partial charge in [-0.3, -0.25) is 4.79 Å². The average molecular weight is 164 g/mol. The Morgan fingerprint density at radius 3 is 3.17 bits per heavy atom. The van der Waals surface area contributed by atoms with Crippen LogP contribution in [0.25, 0.3) is 0 Å². The molecule has 2 heteroatoms. The lowest BCUT2D eigenvalue weighted by Gasteiger charge is -2.32. The summed E-state index contributed by atoms with van der Waals surface area (Å²) in [6.45, 7) is 2.01. The van der Waals surface area contributed by atoms with Crippen LogP contribution in [0.4, 0.5) is 0 Å². The number of fused-ring (bicyclic) bond motifs is 1. The third-order valence-electron chi connectivity index (χ3n) is 2.98. The van der Waals surface area contributed by atoms with Crippen molar-refractivity contribution in [2.24, 2.45) is 5.41 Å². The van der Waals surface area contributed by atoms with Gasteiger partial charge in [0.1, 0.15) is 0 Å². The van der Waals surface area contributed by atoms with Gasteiger partial charge in [0.15, 0.2) is 5.78 Å². The maximum absolute atomic E-state index is 11.1. The summed E-state index contributed by atoms with van der Waals surface area (Å²) in [5, 5.41) is 9.63. The maximum atomic E-state index is 11.1. The zero-order valence-corrected chi connectivity index (χ0v) is 7.08. The smallest absolute Gasteiger partial charge is 0.156 e. The standard InChI is InChI=1S/C10H12O2/c1-10-5-4-8(11)6-7(10)2-3-9(10)12/h2-3,6,9,12H,4-5H2,1H3. The number of hydrogen-bond donors (Lipinski definition) is 1. The maximum Gasteiger partial charge on any atom is 0.156 e. The first-order valence-electron chi connectivity index (χ1n) is 4.24. The summed E-state index contributed by atoms with van der Waals surface area (Å²) in [6.07, 6.45) is 6.23. The fourth-order valence-corrected chi connectivity index (χ4v) is 1.90. The van der Waals surface area contributed by atoms with Gasteiger partial charge in [-0.05, 0) is 18.1 Å². The quantitative estimate of drug-likeness (QED) is 0.584. The second kappa shape index (κ2) is 2.30. The van der Waals surface area contributed by atoms with E-state index in [1.807, 2.05) is 13.0 Å². The van der Waals surface area contributed by atoms with Gasteiger partial charge >= 0.3 is 0 Å². The van der Waals surface area contributed by atoms with Crippen LogP contribution in [0.2, 0.25) is 0 Å². The van der Waals surface area contributed by atoms with E-state index in [0.29, 0.717) is 6.42 Å². The van der Waals surface area contributed by atoms with E-state index >= 15 is 0 Å². The third-order valence-corrected chi connectivity index (χ3v) is 2.98. The monoisotopic (exact) mass is 164 g/mol. The van der Waals surface area contributed by atoms with Crippen LogP contribution in [-0.4, -0.2) is 17.0 Å². The van der Waals surface area contributed by atoms with Crippen LogP contribution < -0.4 is 0 Å². The van der Waals surface area contributed by atoms with Crippen LogP contribution in [0.1, 0.15) is 19.8 Å². The molecular formula is C10H12O2. The molecule has 1 N–H and O–H groups in total. The zero-order valence-electron chi connectivity index (χ0n) is 7.08. The SMILES string of the molecule is CC12CCC(=O)C=C1C=CC2O. The molecule has 0 amide bonds. The van der Waals surface area contributed by atoms with Crippen LogP contribution in [0, 0.1) is 5.41 Å². The third kappa shape index (κ3) is 0.879. The van der Waals surface area contributed by atoms with Crippen LogP contribution >= 0.6 is 0 Å². The highest BCUT2D eigenvalue weighted by Crippen LogP contribution is 2.44. The molecule has 0 aromatic heterocycles. The first kappa shape index (κ1) is 7.74. The van der Waals surface area contributed by atoms with E-state index in [1.54, 1.807) is 12.2 Å². The van der Waals surface area contributed by atoms with Gasteiger partial charge in [0.05, 0.1) is 6.10 Å². The second-order valence-corrected chi connectivity index (χ2v) is 3.79. The number of allylic oxidation sites excluding steroid dienone is 2. The summed E-state index contributed by atoms with van der Waals surface area (Å²) in [5.74, 6) is 0.182. The number of hydrogen-bond acceptors (Lipinski definition) is 2. The Balaban J connectivity index is 2.42. The van der Waals surface area contributed by atoms with Crippen molar-refractivity contribution in [1.82, 2.24) is 0 Å². The molecule has 0 spiro atoms. The van der Waals surface area contributed by atoms with Crippen LogP contribution in [0.3, 0.4) is 0 Å².